The molecule has 172 valence electrons. The molecule has 1 fully saturated rings. The first-order valence-electron chi connectivity index (χ1n) is 11.1. The number of rotatable bonds is 8. The fraction of sp³-hybridized carbons (Fsp3) is 0.417. The fourth-order valence-corrected chi connectivity index (χ4v) is 3.72. The van der Waals surface area contributed by atoms with Crippen molar-refractivity contribution in [1.29, 1.82) is 0 Å². The maximum atomic E-state index is 13.5. The molecule has 1 aliphatic carbocycles. The summed E-state index contributed by atoms with van der Waals surface area (Å²) >= 11 is 0. The Kier molecular flexibility index (Phi) is 8.30. The van der Waals surface area contributed by atoms with Crippen LogP contribution in [0.3, 0.4) is 0 Å². The van der Waals surface area contributed by atoms with Gasteiger partial charge in [0.1, 0.15) is 17.3 Å². The molecule has 0 bridgehead atoms. The number of halogens is 1. The number of benzene rings is 2. The largest absolute Gasteiger partial charge is 0.492 e. The van der Waals surface area contributed by atoms with Gasteiger partial charge in [0, 0.05) is 23.7 Å². The van der Waals surface area contributed by atoms with Crippen molar-refractivity contribution in [2.45, 2.75) is 52.0 Å². The summed E-state index contributed by atoms with van der Waals surface area (Å²) in [6.45, 7) is 4.36. The minimum atomic E-state index is -0.499. The lowest BCUT2D eigenvalue weighted by Crippen LogP contribution is -2.39. The summed E-state index contributed by atoms with van der Waals surface area (Å²) < 4.78 is 24.9. The highest BCUT2D eigenvalue weighted by atomic mass is 19.1. The Morgan fingerprint density at radius 1 is 0.938 bits per heavy atom. The third-order valence-electron chi connectivity index (χ3n) is 5.21. The van der Waals surface area contributed by atoms with Gasteiger partial charge in [0.15, 0.2) is 0 Å². The highest BCUT2D eigenvalue weighted by Gasteiger charge is 2.19. The van der Waals surface area contributed by atoms with Crippen molar-refractivity contribution in [2.75, 3.05) is 23.8 Å². The molecule has 0 unspecified atom stereocenters. The van der Waals surface area contributed by atoms with Gasteiger partial charge >= 0.3 is 6.03 Å². The van der Waals surface area contributed by atoms with Gasteiger partial charge in [0.05, 0.1) is 24.6 Å². The highest BCUT2D eigenvalue weighted by molar-refractivity contribution is 6.05. The van der Waals surface area contributed by atoms with Gasteiger partial charge in [0.2, 0.25) is 0 Å². The Hall–Kier alpha value is -3.29. The molecule has 3 amide bonds. The molecule has 8 heteroatoms. The molecule has 32 heavy (non-hydrogen) atoms. The average Bonchev–Trinajstić information content (AvgIpc) is 2.77. The number of amides is 3. The standard InChI is InChI=1S/C24H30FN3O4/c1-3-31-21-15-20(28-24(30)26-18-11-6-5-7-12-18)22(32-4-2)14-19(21)27-23(29)16-9-8-10-17(25)13-16/h8-10,13-15,18H,3-7,11-12H2,1-2H3,(H,27,29)(H2,26,28,30). The van der Waals surface area contributed by atoms with Gasteiger partial charge in [-0.1, -0.05) is 25.3 Å². The third-order valence-corrected chi connectivity index (χ3v) is 5.21. The second-order valence-electron chi connectivity index (χ2n) is 7.61. The highest BCUT2D eigenvalue weighted by Crippen LogP contribution is 2.37. The van der Waals surface area contributed by atoms with Crippen molar-refractivity contribution < 1.29 is 23.5 Å². The van der Waals surface area contributed by atoms with Crippen molar-refractivity contribution in [3.8, 4) is 11.5 Å². The maximum absolute atomic E-state index is 13.5. The Morgan fingerprint density at radius 3 is 2.16 bits per heavy atom. The van der Waals surface area contributed by atoms with Crippen LogP contribution in [0.5, 0.6) is 11.5 Å². The molecule has 0 radical (unpaired) electrons. The lowest BCUT2D eigenvalue weighted by molar-refractivity contribution is 0.102. The summed E-state index contributed by atoms with van der Waals surface area (Å²) in [6.07, 6.45) is 5.38. The van der Waals surface area contributed by atoms with Crippen molar-refractivity contribution in [3.63, 3.8) is 0 Å². The number of urea groups is 1. The zero-order chi connectivity index (χ0) is 22.9. The van der Waals surface area contributed by atoms with E-state index in [4.69, 9.17) is 9.47 Å². The average molecular weight is 444 g/mol. The van der Waals surface area contributed by atoms with E-state index >= 15 is 0 Å². The van der Waals surface area contributed by atoms with Crippen LogP contribution < -0.4 is 25.4 Å². The van der Waals surface area contributed by atoms with Crippen LogP contribution in [-0.4, -0.2) is 31.2 Å². The molecule has 7 nitrogen and oxygen atoms in total. The Morgan fingerprint density at radius 2 is 1.56 bits per heavy atom. The van der Waals surface area contributed by atoms with E-state index in [2.05, 4.69) is 16.0 Å². The molecule has 3 N–H and O–H groups in total. The van der Waals surface area contributed by atoms with Gasteiger partial charge in [-0.05, 0) is 44.9 Å². The molecule has 0 aromatic heterocycles. The van der Waals surface area contributed by atoms with Crippen molar-refractivity contribution >= 4 is 23.3 Å². The van der Waals surface area contributed by atoms with Crippen molar-refractivity contribution in [3.05, 3.63) is 47.8 Å². The van der Waals surface area contributed by atoms with E-state index in [1.165, 1.54) is 24.6 Å². The van der Waals surface area contributed by atoms with E-state index in [0.717, 1.165) is 31.7 Å². The molecule has 3 rings (SSSR count). The normalized spacial score (nSPS) is 13.8. The summed E-state index contributed by atoms with van der Waals surface area (Å²) in [5, 5.41) is 8.60. The van der Waals surface area contributed by atoms with Crippen LogP contribution in [0.15, 0.2) is 36.4 Å². The van der Waals surface area contributed by atoms with Crippen LogP contribution in [0.1, 0.15) is 56.3 Å². The van der Waals surface area contributed by atoms with E-state index in [0.29, 0.717) is 36.1 Å². The van der Waals surface area contributed by atoms with Gasteiger partial charge in [0.25, 0.3) is 5.91 Å². The number of ether oxygens (including phenoxy) is 2. The summed E-state index contributed by atoms with van der Waals surface area (Å²) in [5.74, 6) is -0.220. The van der Waals surface area contributed by atoms with Crippen molar-refractivity contribution in [1.82, 2.24) is 5.32 Å². The van der Waals surface area contributed by atoms with Gasteiger partial charge in [-0.25, -0.2) is 9.18 Å². The third kappa shape index (κ3) is 6.35. The molecule has 1 saturated carbocycles. The molecule has 0 saturated heterocycles. The van der Waals surface area contributed by atoms with Gasteiger partial charge in [-0.2, -0.15) is 0 Å². The van der Waals surface area contributed by atoms with Gasteiger partial charge in [-0.15, -0.1) is 0 Å². The molecular formula is C24H30FN3O4. The van der Waals surface area contributed by atoms with Crippen LogP contribution in [0.4, 0.5) is 20.6 Å². The van der Waals surface area contributed by atoms with Crippen LogP contribution in [0.25, 0.3) is 0 Å². The Labute approximate surface area is 187 Å². The SMILES string of the molecule is CCOc1cc(NC(=O)c2cccc(F)c2)c(OCC)cc1NC(=O)NC1CCCCC1. The fourth-order valence-electron chi connectivity index (χ4n) is 3.72. The minimum Gasteiger partial charge on any atom is -0.492 e. The predicted octanol–water partition coefficient (Wildman–Crippen LogP) is 5.33. The van der Waals surface area contributed by atoms with Crippen LogP contribution in [0, 0.1) is 5.82 Å². The molecule has 0 spiro atoms. The Balaban J connectivity index is 1.82. The predicted molar refractivity (Wildman–Crippen MR) is 122 cm³/mol. The summed E-state index contributed by atoms with van der Waals surface area (Å²) in [5.41, 5.74) is 0.981. The zero-order valence-corrected chi connectivity index (χ0v) is 18.5. The first-order valence-corrected chi connectivity index (χ1v) is 11.1. The van der Waals surface area contributed by atoms with Crippen LogP contribution in [-0.2, 0) is 0 Å². The van der Waals surface area contributed by atoms with Gasteiger partial charge < -0.3 is 25.4 Å². The number of hydrogen-bond donors (Lipinski definition) is 3. The van der Waals surface area contributed by atoms with E-state index in [9.17, 15) is 14.0 Å². The maximum Gasteiger partial charge on any atom is 0.319 e. The molecule has 0 heterocycles. The smallest absolute Gasteiger partial charge is 0.319 e. The summed E-state index contributed by atoms with van der Waals surface area (Å²) in [7, 11) is 0. The quantitative estimate of drug-likeness (QED) is 0.515. The number of nitrogens with one attached hydrogen (secondary N) is 3. The lowest BCUT2D eigenvalue weighted by Gasteiger charge is -2.23. The number of carbonyl (C=O) groups is 2. The summed E-state index contributed by atoms with van der Waals surface area (Å²) in [6, 6.07) is 8.50. The van der Waals surface area contributed by atoms with E-state index < -0.39 is 11.7 Å². The van der Waals surface area contributed by atoms with E-state index in [1.54, 1.807) is 12.1 Å². The second kappa shape index (κ2) is 11.4. The molecule has 0 atom stereocenters. The number of carbonyl (C=O) groups excluding carboxylic acids is 2. The first-order chi connectivity index (χ1) is 15.5. The summed E-state index contributed by atoms with van der Waals surface area (Å²) in [4.78, 5) is 25.2. The monoisotopic (exact) mass is 443 g/mol. The number of hydrogen-bond acceptors (Lipinski definition) is 4. The molecule has 1 aliphatic rings. The molecule has 2 aromatic rings. The Bertz CT molecular complexity index is 945. The number of anilines is 2. The van der Waals surface area contributed by atoms with Gasteiger partial charge in [-0.3, -0.25) is 4.79 Å². The van der Waals surface area contributed by atoms with Crippen molar-refractivity contribution in [2.24, 2.45) is 0 Å². The zero-order valence-electron chi connectivity index (χ0n) is 18.5. The van der Waals surface area contributed by atoms with E-state index in [-0.39, 0.29) is 17.6 Å². The molecule has 0 aliphatic heterocycles. The molecular weight excluding hydrogens is 413 g/mol. The minimum absolute atomic E-state index is 0.162. The topological polar surface area (TPSA) is 88.7 Å². The first kappa shape index (κ1) is 23.4. The lowest BCUT2D eigenvalue weighted by atomic mass is 9.96. The van der Waals surface area contributed by atoms with Crippen LogP contribution in [0.2, 0.25) is 0 Å². The molecule has 2 aromatic carbocycles. The van der Waals surface area contributed by atoms with Crippen LogP contribution >= 0.6 is 0 Å². The van der Waals surface area contributed by atoms with E-state index in [1.807, 2.05) is 13.8 Å². The second-order valence-corrected chi connectivity index (χ2v) is 7.61.